The zero-order valence-electron chi connectivity index (χ0n) is 19.4. The van der Waals surface area contributed by atoms with Crippen LogP contribution in [0.4, 0.5) is 4.79 Å². The van der Waals surface area contributed by atoms with E-state index < -0.39 is 18.0 Å². The van der Waals surface area contributed by atoms with Gasteiger partial charge in [-0.25, -0.2) is 9.59 Å². The minimum atomic E-state index is -1.08. The monoisotopic (exact) mass is 471 g/mol. The number of nitrogens with zero attached hydrogens (tertiary/aromatic N) is 1. The number of methoxy groups -OCH3 is 1. The molecular weight excluding hydrogens is 446 g/mol. The van der Waals surface area contributed by atoms with Crippen LogP contribution < -0.4 is 20.1 Å². The van der Waals surface area contributed by atoms with Crippen molar-refractivity contribution in [3.8, 4) is 11.5 Å². The summed E-state index contributed by atoms with van der Waals surface area (Å²) in [6.07, 6.45) is 0. The Morgan fingerprint density at radius 1 is 1.03 bits per heavy atom. The van der Waals surface area contributed by atoms with E-state index >= 15 is 0 Å². The Labute approximate surface area is 201 Å². The van der Waals surface area contributed by atoms with Gasteiger partial charge in [0.15, 0.2) is 0 Å². The summed E-state index contributed by atoms with van der Waals surface area (Å²) in [6.45, 7) is 2.65. The highest BCUT2D eigenvalue weighted by atomic mass is 16.5. The number of para-hydroxylation sites is 1. The number of carboxylic acid groups (broad SMARTS) is 1. The van der Waals surface area contributed by atoms with Crippen molar-refractivity contribution in [3.05, 3.63) is 83.6 Å². The van der Waals surface area contributed by atoms with Gasteiger partial charge in [-0.05, 0) is 42.8 Å². The smallest absolute Gasteiger partial charge is 0.335 e. The Balaban J connectivity index is 1.35. The van der Waals surface area contributed by atoms with E-state index in [1.807, 2.05) is 24.3 Å². The number of carboxylic acids is 1. The second-order valence-electron chi connectivity index (χ2n) is 8.32. The number of benzene rings is 3. The summed E-state index contributed by atoms with van der Waals surface area (Å²) < 4.78 is 13.8. The minimum Gasteiger partial charge on any atom is -0.496 e. The molecule has 2 heterocycles. The molecule has 1 aliphatic heterocycles. The van der Waals surface area contributed by atoms with Gasteiger partial charge in [0.05, 0.1) is 30.8 Å². The van der Waals surface area contributed by atoms with Crippen molar-refractivity contribution in [2.45, 2.75) is 19.5 Å². The van der Waals surface area contributed by atoms with Gasteiger partial charge >= 0.3 is 12.0 Å². The second kappa shape index (κ2) is 9.06. The van der Waals surface area contributed by atoms with Crippen LogP contribution in [0.3, 0.4) is 0 Å². The number of aliphatic carboxylic acids is 1. The van der Waals surface area contributed by atoms with Gasteiger partial charge in [0, 0.05) is 22.0 Å². The number of fused-ring (bicyclic) bond motifs is 3. The number of nitrogens with one attached hydrogen (secondary N) is 2. The number of amides is 2. The van der Waals surface area contributed by atoms with Crippen LogP contribution in [0.5, 0.6) is 11.5 Å². The van der Waals surface area contributed by atoms with Crippen molar-refractivity contribution in [2.24, 2.45) is 0 Å². The lowest BCUT2D eigenvalue weighted by Gasteiger charge is -2.27. The van der Waals surface area contributed by atoms with Crippen LogP contribution in [0.25, 0.3) is 21.8 Å². The minimum absolute atomic E-state index is 0.111. The number of aromatic nitrogens is 1. The maximum atomic E-state index is 11.9. The van der Waals surface area contributed by atoms with Crippen molar-refractivity contribution in [2.75, 3.05) is 13.7 Å². The highest BCUT2D eigenvalue weighted by Crippen LogP contribution is 2.35. The molecule has 0 saturated heterocycles. The number of carbonyl (C=O) groups is 2. The summed E-state index contributed by atoms with van der Waals surface area (Å²) in [7, 11) is 1.68. The summed E-state index contributed by atoms with van der Waals surface area (Å²) in [5.74, 6) is 0.414. The Bertz CT molecular complexity index is 1470. The van der Waals surface area contributed by atoms with E-state index in [0.29, 0.717) is 30.2 Å². The third kappa shape index (κ3) is 4.03. The number of ether oxygens (including phenoxy) is 2. The Morgan fingerprint density at radius 2 is 1.77 bits per heavy atom. The van der Waals surface area contributed by atoms with Crippen molar-refractivity contribution in [1.82, 2.24) is 15.2 Å². The fourth-order valence-corrected chi connectivity index (χ4v) is 4.72. The van der Waals surface area contributed by atoms with Crippen molar-refractivity contribution in [3.63, 3.8) is 0 Å². The molecule has 0 bridgehead atoms. The molecule has 0 radical (unpaired) electrons. The fourth-order valence-electron chi connectivity index (χ4n) is 4.72. The van der Waals surface area contributed by atoms with E-state index in [0.717, 1.165) is 27.6 Å². The van der Waals surface area contributed by atoms with Crippen LogP contribution >= 0.6 is 0 Å². The largest absolute Gasteiger partial charge is 0.496 e. The van der Waals surface area contributed by atoms with Crippen molar-refractivity contribution < 1.29 is 24.2 Å². The maximum absolute atomic E-state index is 11.9. The topological polar surface area (TPSA) is 102 Å². The van der Waals surface area contributed by atoms with Gasteiger partial charge in [-0.2, -0.15) is 0 Å². The first-order valence-corrected chi connectivity index (χ1v) is 11.3. The van der Waals surface area contributed by atoms with Gasteiger partial charge < -0.3 is 29.8 Å². The first-order valence-electron chi connectivity index (χ1n) is 11.3. The maximum Gasteiger partial charge on any atom is 0.335 e. The van der Waals surface area contributed by atoms with E-state index in [2.05, 4.69) is 33.4 Å². The molecule has 1 atom stereocenters. The van der Waals surface area contributed by atoms with Gasteiger partial charge in [0.2, 0.25) is 0 Å². The van der Waals surface area contributed by atoms with Crippen molar-refractivity contribution >= 4 is 33.8 Å². The van der Waals surface area contributed by atoms with Gasteiger partial charge in [0.25, 0.3) is 0 Å². The number of allylic oxidation sites excluding steroid dienone is 1. The number of rotatable bonds is 7. The van der Waals surface area contributed by atoms with Gasteiger partial charge in [0.1, 0.15) is 18.1 Å². The van der Waals surface area contributed by atoms with E-state index in [-0.39, 0.29) is 5.57 Å². The van der Waals surface area contributed by atoms with E-state index in [4.69, 9.17) is 9.47 Å². The van der Waals surface area contributed by atoms with Gasteiger partial charge in [-0.1, -0.05) is 36.4 Å². The summed E-state index contributed by atoms with van der Waals surface area (Å²) in [4.78, 5) is 23.6. The third-order valence-electron chi connectivity index (χ3n) is 6.28. The molecule has 1 unspecified atom stereocenters. The van der Waals surface area contributed by atoms with Crippen LogP contribution in [0, 0.1) is 0 Å². The third-order valence-corrected chi connectivity index (χ3v) is 6.28. The van der Waals surface area contributed by atoms with Crippen LogP contribution in [0.1, 0.15) is 18.5 Å². The number of carbonyl (C=O) groups excluding carboxylic acids is 1. The quantitative estimate of drug-likeness (QED) is 0.366. The average molecular weight is 472 g/mol. The SMILES string of the molecule is COc1cccc2c1c1ccccc1n2CCOc1ccc(C2NC(=O)NC(C)=C2C(=O)O)cc1. The molecule has 0 saturated carbocycles. The molecular formula is C27H25N3O5. The standard InChI is InChI=1S/C27H25N3O5/c1-16-23(26(31)32)25(29-27(33)28-16)17-10-12-18(13-11-17)35-15-14-30-20-7-4-3-6-19(20)24-21(30)8-5-9-22(24)34-2/h3-13,25H,14-15H2,1-2H3,(H,31,32)(H2,28,29,33). The van der Waals surface area contributed by atoms with E-state index in [1.54, 1.807) is 38.3 Å². The zero-order chi connectivity index (χ0) is 24.5. The molecule has 178 valence electrons. The lowest BCUT2D eigenvalue weighted by atomic mass is 9.95. The molecule has 0 spiro atoms. The van der Waals surface area contributed by atoms with Gasteiger partial charge in [-0.15, -0.1) is 0 Å². The summed E-state index contributed by atoms with van der Waals surface area (Å²) in [5, 5.41) is 17.0. The summed E-state index contributed by atoms with van der Waals surface area (Å²) in [6, 6.07) is 20.2. The summed E-state index contributed by atoms with van der Waals surface area (Å²) in [5.41, 5.74) is 3.29. The molecule has 3 aromatic carbocycles. The molecule has 8 nitrogen and oxygen atoms in total. The summed E-state index contributed by atoms with van der Waals surface area (Å²) >= 11 is 0. The molecule has 5 rings (SSSR count). The zero-order valence-corrected chi connectivity index (χ0v) is 19.4. The number of hydrogen-bond donors (Lipinski definition) is 3. The Kier molecular flexibility index (Phi) is 5.78. The van der Waals surface area contributed by atoms with Crippen LogP contribution in [0.15, 0.2) is 78.0 Å². The molecule has 8 heteroatoms. The average Bonchev–Trinajstić information content (AvgIpc) is 3.17. The van der Waals surface area contributed by atoms with Gasteiger partial charge in [-0.3, -0.25) is 0 Å². The fraction of sp³-hybridized carbons (Fsp3) is 0.185. The highest BCUT2D eigenvalue weighted by Gasteiger charge is 2.30. The molecule has 1 aliphatic rings. The Hall–Kier alpha value is -4.46. The van der Waals surface area contributed by atoms with Crippen LogP contribution in [-0.2, 0) is 11.3 Å². The molecule has 3 N–H and O–H groups in total. The molecule has 2 amide bonds. The lowest BCUT2D eigenvalue weighted by Crippen LogP contribution is -2.45. The second-order valence-corrected chi connectivity index (χ2v) is 8.32. The molecule has 0 aliphatic carbocycles. The molecule has 0 fully saturated rings. The molecule has 35 heavy (non-hydrogen) atoms. The highest BCUT2D eigenvalue weighted by molar-refractivity contribution is 6.11. The first-order chi connectivity index (χ1) is 17.0. The van der Waals surface area contributed by atoms with Crippen molar-refractivity contribution in [1.29, 1.82) is 0 Å². The predicted molar refractivity (Wildman–Crippen MR) is 133 cm³/mol. The number of urea groups is 1. The lowest BCUT2D eigenvalue weighted by molar-refractivity contribution is -0.133. The normalized spacial score (nSPS) is 15.7. The Morgan fingerprint density at radius 3 is 2.51 bits per heavy atom. The number of hydrogen-bond acceptors (Lipinski definition) is 4. The van der Waals surface area contributed by atoms with Crippen LogP contribution in [-0.4, -0.2) is 35.4 Å². The van der Waals surface area contributed by atoms with E-state index in [9.17, 15) is 14.7 Å². The van der Waals surface area contributed by atoms with Crippen LogP contribution in [0.2, 0.25) is 0 Å². The predicted octanol–water partition coefficient (Wildman–Crippen LogP) is 4.59. The molecule has 1 aromatic heterocycles. The first kappa shape index (κ1) is 22.3. The van der Waals surface area contributed by atoms with E-state index in [1.165, 1.54) is 0 Å². The molecule has 4 aromatic rings.